The SMILES string of the molecule is CCCn1cccc1C(=O)Nc1ccccc1C(C)O. The summed E-state index contributed by atoms with van der Waals surface area (Å²) in [5, 5.41) is 12.6. The Bertz CT molecular complexity index is 588. The highest BCUT2D eigenvalue weighted by molar-refractivity contribution is 6.03. The van der Waals surface area contributed by atoms with Gasteiger partial charge >= 0.3 is 0 Å². The Labute approximate surface area is 119 Å². The van der Waals surface area contributed by atoms with Crippen molar-refractivity contribution in [2.45, 2.75) is 32.9 Å². The predicted octanol–water partition coefficient (Wildman–Crippen LogP) is 3.20. The highest BCUT2D eigenvalue weighted by Gasteiger charge is 2.14. The summed E-state index contributed by atoms with van der Waals surface area (Å²) in [5.41, 5.74) is 2.00. The Morgan fingerprint density at radius 1 is 1.30 bits per heavy atom. The van der Waals surface area contributed by atoms with Gasteiger partial charge < -0.3 is 15.0 Å². The number of anilines is 1. The zero-order chi connectivity index (χ0) is 14.5. The molecule has 0 saturated carbocycles. The third kappa shape index (κ3) is 3.08. The number of hydrogen-bond donors (Lipinski definition) is 2. The average Bonchev–Trinajstić information content (AvgIpc) is 2.88. The van der Waals surface area contributed by atoms with Crippen LogP contribution in [0.25, 0.3) is 0 Å². The van der Waals surface area contributed by atoms with Crippen molar-refractivity contribution >= 4 is 11.6 Å². The highest BCUT2D eigenvalue weighted by Crippen LogP contribution is 2.22. The van der Waals surface area contributed by atoms with Gasteiger partial charge in [-0.3, -0.25) is 4.79 Å². The van der Waals surface area contributed by atoms with Crippen molar-refractivity contribution in [3.63, 3.8) is 0 Å². The molecule has 4 heteroatoms. The number of nitrogens with one attached hydrogen (secondary N) is 1. The van der Waals surface area contributed by atoms with Gasteiger partial charge in [-0.05, 0) is 31.5 Å². The summed E-state index contributed by atoms with van der Waals surface area (Å²) in [7, 11) is 0. The van der Waals surface area contributed by atoms with Crippen molar-refractivity contribution < 1.29 is 9.90 Å². The van der Waals surface area contributed by atoms with Crippen molar-refractivity contribution in [1.82, 2.24) is 4.57 Å². The van der Waals surface area contributed by atoms with E-state index in [-0.39, 0.29) is 5.91 Å². The van der Waals surface area contributed by atoms with Crippen molar-refractivity contribution in [2.24, 2.45) is 0 Å². The van der Waals surface area contributed by atoms with Crippen LogP contribution in [0.3, 0.4) is 0 Å². The summed E-state index contributed by atoms with van der Waals surface area (Å²) in [6.07, 6.45) is 2.26. The second-order valence-electron chi connectivity index (χ2n) is 4.80. The lowest BCUT2D eigenvalue weighted by Gasteiger charge is -2.14. The number of benzene rings is 1. The van der Waals surface area contributed by atoms with E-state index in [1.54, 1.807) is 19.1 Å². The number of aryl methyl sites for hydroxylation is 1. The fourth-order valence-electron chi connectivity index (χ4n) is 2.22. The maximum absolute atomic E-state index is 12.3. The van der Waals surface area contributed by atoms with E-state index in [1.165, 1.54) is 0 Å². The van der Waals surface area contributed by atoms with E-state index < -0.39 is 6.10 Å². The second-order valence-corrected chi connectivity index (χ2v) is 4.80. The number of hydrogen-bond acceptors (Lipinski definition) is 2. The molecular formula is C16H20N2O2. The smallest absolute Gasteiger partial charge is 0.272 e. The molecule has 1 atom stereocenters. The van der Waals surface area contributed by atoms with E-state index in [2.05, 4.69) is 12.2 Å². The zero-order valence-corrected chi connectivity index (χ0v) is 11.8. The van der Waals surface area contributed by atoms with Crippen LogP contribution >= 0.6 is 0 Å². The first-order valence-corrected chi connectivity index (χ1v) is 6.87. The van der Waals surface area contributed by atoms with Gasteiger partial charge in [0.1, 0.15) is 5.69 Å². The number of aliphatic hydroxyl groups excluding tert-OH is 1. The van der Waals surface area contributed by atoms with Crippen LogP contribution in [0.5, 0.6) is 0 Å². The summed E-state index contributed by atoms with van der Waals surface area (Å²) in [5.74, 6) is -0.156. The minimum Gasteiger partial charge on any atom is -0.389 e. The molecule has 2 N–H and O–H groups in total. The number of amides is 1. The van der Waals surface area contributed by atoms with Crippen molar-refractivity contribution in [2.75, 3.05) is 5.32 Å². The number of aliphatic hydroxyl groups is 1. The van der Waals surface area contributed by atoms with Gasteiger partial charge in [0.15, 0.2) is 0 Å². The fraction of sp³-hybridized carbons (Fsp3) is 0.312. The van der Waals surface area contributed by atoms with Crippen molar-refractivity contribution in [1.29, 1.82) is 0 Å². The molecular weight excluding hydrogens is 252 g/mol. The fourth-order valence-corrected chi connectivity index (χ4v) is 2.22. The molecule has 1 amide bonds. The zero-order valence-electron chi connectivity index (χ0n) is 11.8. The molecule has 0 aliphatic heterocycles. The van der Waals surface area contributed by atoms with Crippen LogP contribution in [0.4, 0.5) is 5.69 Å². The molecule has 0 spiro atoms. The number of rotatable bonds is 5. The van der Waals surface area contributed by atoms with Crippen LogP contribution in [-0.4, -0.2) is 15.6 Å². The van der Waals surface area contributed by atoms with Gasteiger partial charge in [-0.2, -0.15) is 0 Å². The first kappa shape index (κ1) is 14.3. The van der Waals surface area contributed by atoms with Crippen molar-refractivity contribution in [3.05, 3.63) is 53.9 Å². The standard InChI is InChI=1S/C16H20N2O2/c1-3-10-18-11-6-9-15(18)16(20)17-14-8-5-4-7-13(14)12(2)19/h4-9,11-12,19H,3,10H2,1-2H3,(H,17,20). The number of nitrogens with zero attached hydrogens (tertiary/aromatic N) is 1. The summed E-state index contributed by atoms with van der Waals surface area (Å²) in [6, 6.07) is 11.0. The van der Waals surface area contributed by atoms with Gasteiger partial charge in [0.25, 0.3) is 5.91 Å². The van der Waals surface area contributed by atoms with E-state index >= 15 is 0 Å². The quantitative estimate of drug-likeness (QED) is 0.878. The topological polar surface area (TPSA) is 54.3 Å². The van der Waals surface area contributed by atoms with Crippen LogP contribution in [0.15, 0.2) is 42.6 Å². The van der Waals surface area contributed by atoms with Gasteiger partial charge in [-0.15, -0.1) is 0 Å². The van der Waals surface area contributed by atoms with E-state index in [0.717, 1.165) is 18.5 Å². The lowest BCUT2D eigenvalue weighted by molar-refractivity contribution is 0.101. The van der Waals surface area contributed by atoms with E-state index in [4.69, 9.17) is 0 Å². The molecule has 2 rings (SSSR count). The van der Waals surface area contributed by atoms with E-state index in [0.29, 0.717) is 11.4 Å². The maximum Gasteiger partial charge on any atom is 0.272 e. The maximum atomic E-state index is 12.3. The van der Waals surface area contributed by atoms with Crippen molar-refractivity contribution in [3.8, 4) is 0 Å². The minimum atomic E-state index is -0.617. The number of para-hydroxylation sites is 1. The van der Waals surface area contributed by atoms with E-state index in [9.17, 15) is 9.90 Å². The molecule has 1 unspecified atom stereocenters. The first-order chi connectivity index (χ1) is 9.63. The Morgan fingerprint density at radius 2 is 2.05 bits per heavy atom. The van der Waals surface area contributed by atoms with Crippen LogP contribution in [0, 0.1) is 0 Å². The summed E-state index contributed by atoms with van der Waals surface area (Å²) < 4.78 is 1.93. The molecule has 0 fully saturated rings. The van der Waals surface area contributed by atoms with Crippen LogP contribution in [0.2, 0.25) is 0 Å². The molecule has 1 aromatic heterocycles. The Balaban J connectivity index is 2.22. The molecule has 1 heterocycles. The highest BCUT2D eigenvalue weighted by atomic mass is 16.3. The van der Waals surface area contributed by atoms with Gasteiger partial charge in [0, 0.05) is 24.0 Å². The molecule has 20 heavy (non-hydrogen) atoms. The first-order valence-electron chi connectivity index (χ1n) is 6.87. The molecule has 0 bridgehead atoms. The molecule has 0 aliphatic rings. The summed E-state index contributed by atoms with van der Waals surface area (Å²) >= 11 is 0. The second kappa shape index (κ2) is 6.39. The van der Waals surface area contributed by atoms with E-state index in [1.807, 2.05) is 35.0 Å². The lowest BCUT2D eigenvalue weighted by Crippen LogP contribution is -2.18. The summed E-state index contributed by atoms with van der Waals surface area (Å²) in [6.45, 7) is 4.57. The Kier molecular flexibility index (Phi) is 4.58. The number of carbonyl (C=O) groups is 1. The molecule has 1 aromatic carbocycles. The van der Waals surface area contributed by atoms with Gasteiger partial charge in [-0.25, -0.2) is 0 Å². The number of aromatic nitrogens is 1. The molecule has 2 aromatic rings. The Hall–Kier alpha value is -2.07. The van der Waals surface area contributed by atoms with Gasteiger partial charge in [0.2, 0.25) is 0 Å². The monoisotopic (exact) mass is 272 g/mol. The molecule has 4 nitrogen and oxygen atoms in total. The largest absolute Gasteiger partial charge is 0.389 e. The summed E-state index contributed by atoms with van der Waals surface area (Å²) in [4.78, 5) is 12.3. The Morgan fingerprint density at radius 3 is 2.75 bits per heavy atom. The molecule has 0 radical (unpaired) electrons. The predicted molar refractivity (Wildman–Crippen MR) is 79.8 cm³/mol. The minimum absolute atomic E-state index is 0.156. The molecule has 0 aliphatic carbocycles. The normalized spacial score (nSPS) is 12.2. The van der Waals surface area contributed by atoms with Crippen LogP contribution in [-0.2, 0) is 6.54 Å². The third-order valence-electron chi connectivity index (χ3n) is 3.19. The van der Waals surface area contributed by atoms with Gasteiger partial charge in [-0.1, -0.05) is 25.1 Å². The van der Waals surface area contributed by atoms with Crippen LogP contribution < -0.4 is 5.32 Å². The third-order valence-corrected chi connectivity index (χ3v) is 3.19. The molecule has 0 saturated heterocycles. The lowest BCUT2D eigenvalue weighted by atomic mass is 10.1. The number of carbonyl (C=O) groups excluding carboxylic acids is 1. The van der Waals surface area contributed by atoms with Crippen LogP contribution in [0.1, 0.15) is 42.4 Å². The molecule has 106 valence electrons. The van der Waals surface area contributed by atoms with Gasteiger partial charge in [0.05, 0.1) is 6.10 Å². The average molecular weight is 272 g/mol.